The van der Waals surface area contributed by atoms with E-state index < -0.39 is 0 Å². The average molecular weight is 220 g/mol. The fourth-order valence-electron chi connectivity index (χ4n) is 0.278. The largest absolute Gasteiger partial charge is 0.140 e. The summed E-state index contributed by atoms with van der Waals surface area (Å²) in [6, 6.07) is 4.14. The van der Waals surface area contributed by atoms with Gasteiger partial charge in [0.15, 0.2) is 0 Å². The molecule has 1 rings (SSSR count). The number of rotatable bonds is 0. The van der Waals surface area contributed by atoms with Crippen molar-refractivity contribution in [2.45, 2.75) is 4.94 Å². The Kier molecular flexibility index (Phi) is 7.12. The van der Waals surface area contributed by atoms with Gasteiger partial charge in [0.05, 0.1) is 0 Å². The average Bonchev–Trinajstić information content (AvgIpc) is 2.23. The van der Waals surface area contributed by atoms with Gasteiger partial charge in [0.25, 0.3) is 0 Å². The summed E-state index contributed by atoms with van der Waals surface area (Å²) >= 11 is 1.15. The van der Waals surface area contributed by atoms with Gasteiger partial charge in [0, 0.05) is 0 Å². The molecular weight excluding hydrogens is 210 g/mol. The van der Waals surface area contributed by atoms with Crippen LogP contribution in [0.4, 0.5) is 0 Å². The maximum absolute atomic E-state index is 2.17. The van der Waals surface area contributed by atoms with E-state index in [1.807, 2.05) is 0 Å². The summed E-state index contributed by atoms with van der Waals surface area (Å²) in [5.41, 5.74) is 0. The molecule has 0 nitrogen and oxygen atoms in total. The maximum atomic E-state index is 2.17. The van der Waals surface area contributed by atoms with Gasteiger partial charge in [0.2, 0.25) is 0 Å². The first-order valence-electron chi connectivity index (χ1n) is 2.28. The van der Waals surface area contributed by atoms with Crippen molar-refractivity contribution < 1.29 is 0 Å². The van der Waals surface area contributed by atoms with E-state index in [4.69, 9.17) is 0 Å². The summed E-state index contributed by atoms with van der Waals surface area (Å²) in [4.78, 5) is 2.17. The molecule has 2 heteroatoms. The molecule has 0 spiro atoms. The van der Waals surface area contributed by atoms with Gasteiger partial charge in [-0.05, 0) is 11.6 Å². The van der Waals surface area contributed by atoms with Crippen molar-refractivity contribution in [3.05, 3.63) is 23.7 Å². The fraction of sp³-hybridized carbons (Fsp3) is 0.200. The summed E-state index contributed by atoms with van der Waals surface area (Å²) in [5.74, 6) is 4.31. The van der Waals surface area contributed by atoms with Crippen LogP contribution in [-0.4, -0.2) is 22.5 Å². The second-order valence-electron chi connectivity index (χ2n) is 0.885. The molecule has 1 radical (unpaired) electrons. The predicted octanol–water partition coefficient (Wildman–Crippen LogP) is 1.39. The van der Waals surface area contributed by atoms with E-state index in [9.17, 15) is 0 Å². The Balaban J connectivity index is 0.000000162. The van der Waals surface area contributed by atoms with Crippen LogP contribution in [0, 0.1) is 0 Å². The van der Waals surface area contributed by atoms with Crippen LogP contribution < -0.4 is 0 Å². The zero-order valence-corrected chi connectivity index (χ0v) is 9.55. The predicted molar refractivity (Wildman–Crippen MR) is 40.4 cm³/mol. The van der Waals surface area contributed by atoms with Gasteiger partial charge in [-0.15, -0.1) is 8.19 Å². The van der Waals surface area contributed by atoms with Crippen LogP contribution in [0.3, 0.4) is 0 Å². The van der Waals surface area contributed by atoms with Crippen LogP contribution >= 0.6 is 8.19 Å². The molecule has 0 aliphatic heterocycles. The molecule has 7 heavy (non-hydrogen) atoms. The maximum Gasteiger partial charge on any atom is -0.0454 e. The van der Waals surface area contributed by atoms with Crippen molar-refractivity contribution in [2.75, 3.05) is 0 Å². The Morgan fingerprint density at radius 3 is 1.71 bits per heavy atom. The molecule has 0 aliphatic carbocycles. The Morgan fingerprint density at radius 1 is 1.14 bits per heavy atom. The molecule has 0 unspecified atom stereocenters. The molecule has 0 bridgehead atoms. The van der Waals surface area contributed by atoms with Crippen LogP contribution in [0.25, 0.3) is 0 Å². The number of hydrogen-bond acceptors (Lipinski definition) is 0. The summed E-state index contributed by atoms with van der Waals surface area (Å²) < 4.78 is 0. The van der Waals surface area contributed by atoms with E-state index in [0.29, 0.717) is 0 Å². The first-order valence-corrected chi connectivity index (χ1v) is 7.48. The van der Waals surface area contributed by atoms with Crippen molar-refractivity contribution in [3.8, 4) is 0 Å². The summed E-state index contributed by atoms with van der Waals surface area (Å²) in [5, 5.41) is 0. The standard InChI is InChI=1S/C4H5P.CH3.Sn.2H/c1-2-4-5-3-1;;;;/h1-5H;1H3;;;. The summed E-state index contributed by atoms with van der Waals surface area (Å²) in [6.07, 6.45) is 0. The Labute approximate surface area is 59.5 Å². The van der Waals surface area contributed by atoms with Gasteiger partial charge in [-0.3, -0.25) is 0 Å². The molecule has 0 amide bonds. The van der Waals surface area contributed by atoms with E-state index in [0.717, 1.165) is 30.7 Å². The minimum atomic E-state index is 0.948. The molecule has 0 fully saturated rings. The molecule has 1 aromatic heterocycles. The Morgan fingerprint density at radius 2 is 1.57 bits per heavy atom. The molecular formula is C5H10PSn. The molecule has 0 saturated heterocycles. The monoisotopic (exact) mass is 221 g/mol. The summed E-state index contributed by atoms with van der Waals surface area (Å²) in [7, 11) is 0.948. The van der Waals surface area contributed by atoms with Gasteiger partial charge >= 0.3 is 27.5 Å². The van der Waals surface area contributed by atoms with Crippen LogP contribution in [0.5, 0.6) is 0 Å². The molecule has 1 aromatic rings. The van der Waals surface area contributed by atoms with E-state index in [2.05, 4.69) is 28.7 Å². The van der Waals surface area contributed by atoms with E-state index >= 15 is 0 Å². The molecule has 0 saturated carbocycles. The molecule has 0 N–H and O–H groups in total. The van der Waals surface area contributed by atoms with E-state index in [1.165, 1.54) is 0 Å². The van der Waals surface area contributed by atoms with Crippen LogP contribution in [-0.2, 0) is 0 Å². The second-order valence-corrected chi connectivity index (χ2v) is 1.88. The van der Waals surface area contributed by atoms with Gasteiger partial charge in [0.1, 0.15) is 0 Å². The first-order chi connectivity index (χ1) is 3.50. The van der Waals surface area contributed by atoms with E-state index in [1.54, 1.807) is 0 Å². The number of hydrogen-bond donors (Lipinski definition) is 0. The molecule has 0 atom stereocenters. The van der Waals surface area contributed by atoms with Gasteiger partial charge in [-0.1, -0.05) is 12.1 Å². The van der Waals surface area contributed by atoms with Crippen molar-refractivity contribution in [1.29, 1.82) is 0 Å². The van der Waals surface area contributed by atoms with Crippen molar-refractivity contribution in [3.63, 3.8) is 0 Å². The third-order valence-electron chi connectivity index (χ3n) is 0.496. The fourth-order valence-corrected chi connectivity index (χ4v) is 0.833. The van der Waals surface area contributed by atoms with Gasteiger partial charge in [-0.2, -0.15) is 0 Å². The second kappa shape index (κ2) is 6.58. The minimum absolute atomic E-state index is 0.948. The minimum Gasteiger partial charge on any atom is -0.140 e. The smallest absolute Gasteiger partial charge is 0.0454 e. The topological polar surface area (TPSA) is 0 Å². The zero-order valence-electron chi connectivity index (χ0n) is 4.52. The van der Waals surface area contributed by atoms with Crippen molar-refractivity contribution >= 4 is 30.7 Å². The Bertz CT molecular complexity index is 64.6. The molecule has 0 aromatic carbocycles. The third-order valence-corrected chi connectivity index (χ3v) is 1.27. The summed E-state index contributed by atoms with van der Waals surface area (Å²) in [6.45, 7) is 0. The first kappa shape index (κ1) is 7.58. The van der Waals surface area contributed by atoms with Crippen LogP contribution in [0.1, 0.15) is 0 Å². The molecule has 39 valence electrons. The van der Waals surface area contributed by atoms with Crippen molar-refractivity contribution in [2.24, 2.45) is 0 Å². The quantitative estimate of drug-likeness (QED) is 0.579. The van der Waals surface area contributed by atoms with Crippen molar-refractivity contribution in [1.82, 2.24) is 0 Å². The van der Waals surface area contributed by atoms with Crippen LogP contribution in [0.15, 0.2) is 23.7 Å². The third kappa shape index (κ3) is 4.43. The van der Waals surface area contributed by atoms with Crippen LogP contribution in [0.2, 0.25) is 4.94 Å². The SMILES string of the molecule is [CH3][SnH2].c1cc[pH]c1. The molecule has 1 heterocycles. The van der Waals surface area contributed by atoms with E-state index in [-0.39, 0.29) is 0 Å². The normalized spacial score (nSPS) is 6.57. The van der Waals surface area contributed by atoms with Gasteiger partial charge < -0.3 is 0 Å². The van der Waals surface area contributed by atoms with Gasteiger partial charge in [-0.25, -0.2) is 0 Å². The molecule has 0 aliphatic rings. The zero-order chi connectivity index (χ0) is 5.54. The Hall–Kier alpha value is 0.579.